The molecule has 4 aromatic carbocycles. The smallest absolute Gasteiger partial charge is 0.343 e. The molecule has 0 heterocycles. The average Bonchev–Trinajstić information content (AvgIpc) is 2.99. The number of ether oxygens (including phenoxy) is 3. The van der Waals surface area contributed by atoms with Crippen molar-refractivity contribution in [1.29, 1.82) is 0 Å². The van der Waals surface area contributed by atoms with E-state index in [1.807, 2.05) is 6.07 Å². The van der Waals surface area contributed by atoms with E-state index in [4.69, 9.17) is 24.4 Å². The number of carboxylic acid groups (broad SMARTS) is 2. The molecule has 0 aliphatic heterocycles. The van der Waals surface area contributed by atoms with Crippen LogP contribution in [0, 0.1) is 0 Å². The Morgan fingerprint density at radius 2 is 1.15 bits per heavy atom. The second kappa shape index (κ2) is 13.4. The molecule has 0 radical (unpaired) electrons. The van der Waals surface area contributed by atoms with Crippen LogP contribution >= 0.6 is 0 Å². The molecule has 0 spiro atoms. The summed E-state index contributed by atoms with van der Waals surface area (Å²) < 4.78 is 16.4. The van der Waals surface area contributed by atoms with E-state index in [1.165, 1.54) is 18.2 Å². The molecule has 0 aliphatic rings. The summed E-state index contributed by atoms with van der Waals surface area (Å²) in [6.07, 6.45) is 3.17. The zero-order chi connectivity index (χ0) is 29.2. The number of ketones is 1. The van der Waals surface area contributed by atoms with Gasteiger partial charge in [-0.25, -0.2) is 14.4 Å². The number of carboxylic acids is 2. The van der Waals surface area contributed by atoms with E-state index >= 15 is 0 Å². The normalized spacial score (nSPS) is 10.6. The molecular weight excluding hydrogens is 528 g/mol. The van der Waals surface area contributed by atoms with Crippen LogP contribution in [0.5, 0.6) is 17.2 Å². The van der Waals surface area contributed by atoms with E-state index in [1.54, 1.807) is 78.9 Å². The lowest BCUT2D eigenvalue weighted by molar-refractivity contribution is 0.0691. The van der Waals surface area contributed by atoms with E-state index in [0.717, 1.165) is 11.6 Å². The average molecular weight is 553 g/mol. The first-order valence-electron chi connectivity index (χ1n) is 12.4. The lowest BCUT2D eigenvalue weighted by Crippen LogP contribution is -2.11. The number of carbonyl (C=O) groups is 4. The number of esters is 1. The van der Waals surface area contributed by atoms with Gasteiger partial charge in [-0.1, -0.05) is 48.5 Å². The van der Waals surface area contributed by atoms with Crippen LogP contribution in [0.3, 0.4) is 0 Å². The molecule has 9 nitrogen and oxygen atoms in total. The van der Waals surface area contributed by atoms with Crippen molar-refractivity contribution < 1.29 is 43.6 Å². The van der Waals surface area contributed by atoms with Crippen molar-refractivity contribution in [3.63, 3.8) is 0 Å². The molecule has 0 aliphatic carbocycles. The van der Waals surface area contributed by atoms with Crippen LogP contribution < -0.4 is 14.2 Å². The molecule has 0 aromatic heterocycles. The number of hydrogen-bond donors (Lipinski definition) is 2. The first-order chi connectivity index (χ1) is 19.8. The summed E-state index contributed by atoms with van der Waals surface area (Å²) in [6, 6.07) is 25.4. The van der Waals surface area contributed by atoms with Crippen LogP contribution in [-0.4, -0.2) is 47.1 Å². The summed E-state index contributed by atoms with van der Waals surface area (Å²) in [4.78, 5) is 47.1. The fraction of sp³-hybridized carbons (Fsp3) is 0.0625. The quantitative estimate of drug-likeness (QED) is 0.0750. The predicted octanol–water partition coefficient (Wildman–Crippen LogP) is 5.66. The SMILES string of the molecule is O=C(O)c1cc(OCCOc2ccc(C(=O)Oc3ccc(/C=C/C(=O)c4ccccc4)cc3)cc2)cc(C(=O)O)c1. The Bertz CT molecular complexity index is 1540. The van der Waals surface area contributed by atoms with Crippen LogP contribution in [0.4, 0.5) is 0 Å². The summed E-state index contributed by atoms with van der Waals surface area (Å²) in [7, 11) is 0. The lowest BCUT2D eigenvalue weighted by Gasteiger charge is -2.10. The number of hydrogen-bond acceptors (Lipinski definition) is 7. The fourth-order valence-electron chi connectivity index (χ4n) is 3.62. The van der Waals surface area contributed by atoms with Gasteiger partial charge in [-0.3, -0.25) is 4.79 Å². The van der Waals surface area contributed by atoms with Gasteiger partial charge in [0.1, 0.15) is 30.5 Å². The van der Waals surface area contributed by atoms with Crippen molar-refractivity contribution >= 4 is 29.8 Å². The third-order valence-corrected chi connectivity index (χ3v) is 5.69. The first-order valence-corrected chi connectivity index (χ1v) is 12.4. The van der Waals surface area contributed by atoms with E-state index in [2.05, 4.69) is 0 Å². The number of benzene rings is 4. The van der Waals surface area contributed by atoms with Gasteiger partial charge in [0.25, 0.3) is 0 Å². The Morgan fingerprint density at radius 1 is 0.585 bits per heavy atom. The Morgan fingerprint density at radius 3 is 1.73 bits per heavy atom. The minimum absolute atomic E-state index is 0.0253. The number of allylic oxidation sites excluding steroid dienone is 1. The number of aromatic carboxylic acids is 2. The Kier molecular flexibility index (Phi) is 9.25. The second-order valence-electron chi connectivity index (χ2n) is 8.60. The van der Waals surface area contributed by atoms with Gasteiger partial charge in [0.2, 0.25) is 0 Å². The third kappa shape index (κ3) is 8.14. The topological polar surface area (TPSA) is 136 Å². The Balaban J connectivity index is 1.25. The van der Waals surface area contributed by atoms with E-state index in [-0.39, 0.29) is 35.9 Å². The molecule has 0 amide bonds. The summed E-state index contributed by atoms with van der Waals surface area (Å²) >= 11 is 0. The molecule has 0 unspecified atom stereocenters. The summed E-state index contributed by atoms with van der Waals surface area (Å²) in [6.45, 7) is 0.110. The molecule has 4 aromatic rings. The van der Waals surface area contributed by atoms with Crippen LogP contribution in [0.1, 0.15) is 47.0 Å². The molecule has 4 rings (SSSR count). The Labute approximate surface area is 234 Å². The van der Waals surface area contributed by atoms with Crippen molar-refractivity contribution in [3.05, 3.63) is 131 Å². The van der Waals surface area contributed by atoms with Gasteiger partial charge in [-0.15, -0.1) is 0 Å². The predicted molar refractivity (Wildman–Crippen MR) is 149 cm³/mol. The first kappa shape index (κ1) is 28.3. The number of rotatable bonds is 12. The van der Waals surface area contributed by atoms with E-state index in [0.29, 0.717) is 22.6 Å². The van der Waals surface area contributed by atoms with Crippen molar-refractivity contribution in [1.82, 2.24) is 0 Å². The maximum Gasteiger partial charge on any atom is 0.343 e. The van der Waals surface area contributed by atoms with Crippen LogP contribution in [-0.2, 0) is 0 Å². The van der Waals surface area contributed by atoms with Gasteiger partial charge in [0, 0.05) is 5.56 Å². The molecule has 0 atom stereocenters. The molecule has 0 saturated carbocycles. The van der Waals surface area contributed by atoms with E-state index in [9.17, 15) is 19.2 Å². The van der Waals surface area contributed by atoms with Gasteiger partial charge in [-0.05, 0) is 66.2 Å². The molecule has 9 heteroatoms. The number of carbonyl (C=O) groups excluding carboxylic acids is 2. The van der Waals surface area contributed by atoms with Gasteiger partial charge in [-0.2, -0.15) is 0 Å². The Hall–Kier alpha value is -5.70. The molecule has 206 valence electrons. The van der Waals surface area contributed by atoms with Crippen molar-refractivity contribution in [3.8, 4) is 17.2 Å². The maximum absolute atomic E-state index is 12.5. The van der Waals surface area contributed by atoms with Gasteiger partial charge in [0.15, 0.2) is 5.78 Å². The van der Waals surface area contributed by atoms with Crippen molar-refractivity contribution in [2.45, 2.75) is 0 Å². The van der Waals surface area contributed by atoms with Crippen LogP contribution in [0.25, 0.3) is 6.08 Å². The zero-order valence-corrected chi connectivity index (χ0v) is 21.6. The standard InChI is InChI=1S/C32H24O9/c33-29(22-4-2-1-3-5-22)15-8-21-6-11-27(12-7-21)41-32(38)23-9-13-26(14-10-23)39-16-17-40-28-19-24(30(34)35)18-25(20-28)31(36)37/h1-15,18-20H,16-17H2,(H,34,35)(H,36,37)/b15-8+. The highest BCUT2D eigenvalue weighted by Crippen LogP contribution is 2.20. The fourth-order valence-corrected chi connectivity index (χ4v) is 3.62. The molecule has 2 N–H and O–H groups in total. The molecule has 41 heavy (non-hydrogen) atoms. The molecule has 0 saturated heterocycles. The maximum atomic E-state index is 12.5. The highest BCUT2D eigenvalue weighted by Gasteiger charge is 2.13. The highest BCUT2D eigenvalue weighted by molar-refractivity contribution is 6.06. The van der Waals surface area contributed by atoms with Crippen molar-refractivity contribution in [2.24, 2.45) is 0 Å². The van der Waals surface area contributed by atoms with Crippen LogP contribution in [0.2, 0.25) is 0 Å². The summed E-state index contributed by atoms with van der Waals surface area (Å²) in [5, 5.41) is 18.3. The van der Waals surface area contributed by atoms with Gasteiger partial charge < -0.3 is 24.4 Å². The third-order valence-electron chi connectivity index (χ3n) is 5.69. The monoisotopic (exact) mass is 552 g/mol. The largest absolute Gasteiger partial charge is 0.490 e. The van der Waals surface area contributed by atoms with Gasteiger partial charge >= 0.3 is 17.9 Å². The lowest BCUT2D eigenvalue weighted by atomic mass is 10.1. The van der Waals surface area contributed by atoms with E-state index < -0.39 is 17.9 Å². The second-order valence-corrected chi connectivity index (χ2v) is 8.60. The summed E-state index contributed by atoms with van der Waals surface area (Å²) in [5.74, 6) is -2.32. The van der Waals surface area contributed by atoms with Crippen molar-refractivity contribution in [2.75, 3.05) is 13.2 Å². The highest BCUT2D eigenvalue weighted by atomic mass is 16.5. The zero-order valence-electron chi connectivity index (χ0n) is 21.6. The molecule has 0 fully saturated rings. The molecule has 0 bridgehead atoms. The minimum atomic E-state index is -1.27. The molecular formula is C32H24O9. The van der Waals surface area contributed by atoms with Crippen LogP contribution in [0.15, 0.2) is 103 Å². The van der Waals surface area contributed by atoms with Gasteiger partial charge in [0.05, 0.1) is 16.7 Å². The minimum Gasteiger partial charge on any atom is -0.490 e. The summed E-state index contributed by atoms with van der Waals surface area (Å²) in [5.41, 5.74) is 1.27.